The van der Waals surface area contributed by atoms with Gasteiger partial charge in [0.25, 0.3) is 0 Å². The Hall–Kier alpha value is -0.800. The summed E-state index contributed by atoms with van der Waals surface area (Å²) in [5.74, 6) is 0. The Labute approximate surface area is 91.9 Å². The second kappa shape index (κ2) is 4.81. The lowest BCUT2D eigenvalue weighted by atomic mass is 9.99. The van der Waals surface area contributed by atoms with Crippen molar-refractivity contribution in [2.75, 3.05) is 13.6 Å². The standard InChI is InChI=1S/C12H21N3/c1-10-8-11(5-7-15(10)2)14-9-12-4-3-6-13-12/h3-4,6,10-11,13-14H,5,7-9H2,1-2H3. The lowest BCUT2D eigenvalue weighted by molar-refractivity contribution is 0.168. The number of aromatic amines is 1. The topological polar surface area (TPSA) is 31.1 Å². The number of nitrogens with zero attached hydrogens (tertiary/aromatic N) is 1. The SMILES string of the molecule is CC1CC(NCc2ccc[nH]2)CCN1C. The Balaban J connectivity index is 1.76. The van der Waals surface area contributed by atoms with E-state index in [0.29, 0.717) is 12.1 Å². The zero-order valence-corrected chi connectivity index (χ0v) is 9.66. The lowest BCUT2D eigenvalue weighted by Gasteiger charge is -2.35. The summed E-state index contributed by atoms with van der Waals surface area (Å²) < 4.78 is 0. The van der Waals surface area contributed by atoms with Gasteiger partial charge in [0.2, 0.25) is 0 Å². The fraction of sp³-hybridized carbons (Fsp3) is 0.667. The molecule has 2 unspecified atom stereocenters. The molecule has 2 atom stereocenters. The summed E-state index contributed by atoms with van der Waals surface area (Å²) >= 11 is 0. The maximum atomic E-state index is 3.62. The summed E-state index contributed by atoms with van der Waals surface area (Å²) in [6.45, 7) is 4.49. The molecule has 0 spiro atoms. The second-order valence-electron chi connectivity index (χ2n) is 4.63. The van der Waals surface area contributed by atoms with Gasteiger partial charge in [-0.1, -0.05) is 0 Å². The van der Waals surface area contributed by atoms with Crippen molar-refractivity contribution in [2.24, 2.45) is 0 Å². The average Bonchev–Trinajstić information content (AvgIpc) is 2.73. The Bertz CT molecular complexity index is 281. The first-order chi connectivity index (χ1) is 7.25. The number of aromatic nitrogens is 1. The van der Waals surface area contributed by atoms with Crippen LogP contribution in [0.5, 0.6) is 0 Å². The van der Waals surface area contributed by atoms with Crippen LogP contribution in [0.4, 0.5) is 0 Å². The molecule has 0 aliphatic carbocycles. The maximum absolute atomic E-state index is 3.62. The number of hydrogen-bond acceptors (Lipinski definition) is 2. The first-order valence-electron chi connectivity index (χ1n) is 5.81. The van der Waals surface area contributed by atoms with Crippen LogP contribution in [0.15, 0.2) is 18.3 Å². The Kier molecular flexibility index (Phi) is 3.44. The van der Waals surface area contributed by atoms with Crippen LogP contribution in [0.2, 0.25) is 0 Å². The van der Waals surface area contributed by atoms with E-state index in [1.54, 1.807) is 0 Å². The first-order valence-corrected chi connectivity index (χ1v) is 5.81. The molecule has 1 fully saturated rings. The van der Waals surface area contributed by atoms with Crippen LogP contribution in [0.25, 0.3) is 0 Å². The van der Waals surface area contributed by atoms with E-state index < -0.39 is 0 Å². The minimum Gasteiger partial charge on any atom is -0.364 e. The molecule has 15 heavy (non-hydrogen) atoms. The maximum Gasteiger partial charge on any atom is 0.0359 e. The number of hydrogen-bond donors (Lipinski definition) is 2. The van der Waals surface area contributed by atoms with E-state index in [9.17, 15) is 0 Å². The Morgan fingerprint density at radius 2 is 2.47 bits per heavy atom. The highest BCUT2D eigenvalue weighted by Crippen LogP contribution is 2.15. The summed E-state index contributed by atoms with van der Waals surface area (Å²) in [6.07, 6.45) is 4.51. The summed E-state index contributed by atoms with van der Waals surface area (Å²) in [6, 6.07) is 5.57. The third-order valence-electron chi connectivity index (χ3n) is 3.45. The highest BCUT2D eigenvalue weighted by atomic mass is 15.1. The van der Waals surface area contributed by atoms with Gasteiger partial charge in [-0.2, -0.15) is 0 Å². The van der Waals surface area contributed by atoms with Crippen molar-refractivity contribution in [3.63, 3.8) is 0 Å². The zero-order valence-electron chi connectivity index (χ0n) is 9.66. The number of likely N-dealkylation sites (tertiary alicyclic amines) is 1. The smallest absolute Gasteiger partial charge is 0.0359 e. The molecule has 2 rings (SSSR count). The van der Waals surface area contributed by atoms with E-state index in [-0.39, 0.29) is 0 Å². The van der Waals surface area contributed by atoms with E-state index in [4.69, 9.17) is 0 Å². The van der Waals surface area contributed by atoms with Crippen LogP contribution in [-0.2, 0) is 6.54 Å². The molecular weight excluding hydrogens is 186 g/mol. The second-order valence-corrected chi connectivity index (χ2v) is 4.63. The van der Waals surface area contributed by atoms with Gasteiger partial charge >= 0.3 is 0 Å². The highest BCUT2D eigenvalue weighted by Gasteiger charge is 2.21. The largest absolute Gasteiger partial charge is 0.364 e. The van der Waals surface area contributed by atoms with Crippen molar-refractivity contribution < 1.29 is 0 Å². The molecule has 84 valence electrons. The number of piperidine rings is 1. The van der Waals surface area contributed by atoms with Crippen LogP contribution < -0.4 is 5.32 Å². The van der Waals surface area contributed by atoms with Crippen molar-refractivity contribution in [1.82, 2.24) is 15.2 Å². The minimum absolute atomic E-state index is 0.680. The summed E-state index contributed by atoms with van der Waals surface area (Å²) in [7, 11) is 2.21. The fourth-order valence-electron chi connectivity index (χ4n) is 2.21. The lowest BCUT2D eigenvalue weighted by Crippen LogP contribution is -2.45. The number of H-pyrrole nitrogens is 1. The average molecular weight is 207 g/mol. The van der Waals surface area contributed by atoms with E-state index in [2.05, 4.69) is 35.2 Å². The van der Waals surface area contributed by atoms with Gasteiger partial charge in [-0.3, -0.25) is 0 Å². The predicted molar refractivity (Wildman–Crippen MR) is 62.7 cm³/mol. The van der Waals surface area contributed by atoms with Crippen LogP contribution in [0.3, 0.4) is 0 Å². The van der Waals surface area contributed by atoms with Gasteiger partial charge in [-0.05, 0) is 45.5 Å². The van der Waals surface area contributed by atoms with E-state index >= 15 is 0 Å². The molecule has 2 heterocycles. The first kappa shape index (κ1) is 10.7. The zero-order chi connectivity index (χ0) is 10.7. The van der Waals surface area contributed by atoms with E-state index in [1.807, 2.05) is 12.3 Å². The summed E-state index contributed by atoms with van der Waals surface area (Å²) in [4.78, 5) is 5.66. The third kappa shape index (κ3) is 2.83. The van der Waals surface area contributed by atoms with Gasteiger partial charge in [-0.25, -0.2) is 0 Å². The van der Waals surface area contributed by atoms with Crippen molar-refractivity contribution in [3.05, 3.63) is 24.0 Å². The molecule has 0 radical (unpaired) electrons. The van der Waals surface area contributed by atoms with Crippen molar-refractivity contribution in [2.45, 2.75) is 38.4 Å². The van der Waals surface area contributed by atoms with Gasteiger partial charge in [0.1, 0.15) is 0 Å². The van der Waals surface area contributed by atoms with Crippen LogP contribution in [0.1, 0.15) is 25.5 Å². The minimum atomic E-state index is 0.680. The van der Waals surface area contributed by atoms with Crippen LogP contribution in [0, 0.1) is 0 Å². The molecule has 0 aromatic carbocycles. The molecule has 1 aromatic rings. The number of nitrogens with one attached hydrogen (secondary N) is 2. The van der Waals surface area contributed by atoms with E-state index in [0.717, 1.165) is 6.54 Å². The van der Waals surface area contributed by atoms with Gasteiger partial charge in [0, 0.05) is 30.5 Å². The quantitative estimate of drug-likeness (QED) is 0.788. The Morgan fingerprint density at radius 1 is 1.60 bits per heavy atom. The van der Waals surface area contributed by atoms with Gasteiger partial charge in [0.05, 0.1) is 0 Å². The summed E-state index contributed by atoms with van der Waals surface area (Å²) in [5.41, 5.74) is 1.28. The Morgan fingerprint density at radius 3 is 3.13 bits per heavy atom. The molecule has 0 bridgehead atoms. The molecule has 1 aliphatic heterocycles. The van der Waals surface area contributed by atoms with Crippen LogP contribution >= 0.6 is 0 Å². The number of rotatable bonds is 3. The van der Waals surface area contributed by atoms with Gasteiger partial charge in [0.15, 0.2) is 0 Å². The fourth-order valence-corrected chi connectivity index (χ4v) is 2.21. The molecule has 3 heteroatoms. The normalized spacial score (nSPS) is 28.1. The van der Waals surface area contributed by atoms with Gasteiger partial charge < -0.3 is 15.2 Å². The third-order valence-corrected chi connectivity index (χ3v) is 3.45. The van der Waals surface area contributed by atoms with Crippen molar-refractivity contribution in [3.8, 4) is 0 Å². The molecule has 2 N–H and O–H groups in total. The van der Waals surface area contributed by atoms with Gasteiger partial charge in [-0.15, -0.1) is 0 Å². The molecular formula is C12H21N3. The van der Waals surface area contributed by atoms with Crippen LogP contribution in [-0.4, -0.2) is 35.6 Å². The molecule has 0 amide bonds. The van der Waals surface area contributed by atoms with Crippen molar-refractivity contribution >= 4 is 0 Å². The van der Waals surface area contributed by atoms with E-state index in [1.165, 1.54) is 25.1 Å². The molecule has 1 saturated heterocycles. The predicted octanol–water partition coefficient (Wildman–Crippen LogP) is 1.59. The highest BCUT2D eigenvalue weighted by molar-refractivity contribution is 5.03. The molecule has 1 aliphatic rings. The van der Waals surface area contributed by atoms with Crippen molar-refractivity contribution in [1.29, 1.82) is 0 Å². The monoisotopic (exact) mass is 207 g/mol. The molecule has 3 nitrogen and oxygen atoms in total. The molecule has 1 aromatic heterocycles. The molecule has 0 saturated carbocycles. The summed E-state index contributed by atoms with van der Waals surface area (Å²) in [5, 5.41) is 3.62.